The van der Waals surface area contributed by atoms with Crippen LogP contribution in [0, 0.1) is 29.6 Å². The molecule has 4 atom stereocenters. The number of unbranched alkanes of at least 4 members (excludes halogenated alkanes) is 2. The van der Waals surface area contributed by atoms with Crippen LogP contribution in [0.5, 0.6) is 0 Å². The molecule has 0 aliphatic heterocycles. The molecule has 1 aromatic carbocycles. The van der Waals surface area contributed by atoms with Gasteiger partial charge in [-0.3, -0.25) is 0 Å². The average Bonchev–Trinajstić information content (AvgIpc) is 2.94. The first-order valence-electron chi connectivity index (χ1n) is 16.3. The lowest BCUT2D eigenvalue weighted by Crippen LogP contribution is -2.52. The Bertz CT molecular complexity index is 866. The monoisotopic (exact) mass is 525 g/mol. The molecule has 0 heterocycles. The highest BCUT2D eigenvalue weighted by Gasteiger charge is 2.52. The summed E-state index contributed by atoms with van der Waals surface area (Å²) in [6, 6.07) is 8.78. The molecule has 2 nitrogen and oxygen atoms in total. The molecule has 1 aromatic rings. The van der Waals surface area contributed by atoms with Gasteiger partial charge in [-0.25, -0.2) is 4.39 Å². The normalized spacial score (nSPS) is 35.1. The first-order valence-corrected chi connectivity index (χ1v) is 16.3. The largest absolute Gasteiger partial charge is 0.550 e. The predicted octanol–water partition coefficient (Wildman–Crippen LogP) is 8.91. The Hall–Kier alpha value is -1.38. The Labute approximate surface area is 232 Å². The minimum Gasteiger partial charge on any atom is -0.550 e. The molecule has 0 amide bonds. The number of carboxylic acids is 1. The number of aliphatic carboxylic acids is 1. The van der Waals surface area contributed by atoms with E-state index in [2.05, 4.69) is 45.0 Å². The average molecular weight is 526 g/mol. The highest BCUT2D eigenvalue weighted by Crippen LogP contribution is 2.55. The van der Waals surface area contributed by atoms with Crippen molar-refractivity contribution in [2.24, 2.45) is 29.6 Å². The van der Waals surface area contributed by atoms with Crippen molar-refractivity contribution in [3.63, 3.8) is 0 Å². The molecule has 0 aromatic heterocycles. The van der Waals surface area contributed by atoms with Gasteiger partial charge in [0, 0.05) is 17.3 Å². The number of carboxylic acid groups (broad SMARTS) is 1. The maximum Gasteiger partial charge on any atom is 0.111 e. The minimum atomic E-state index is -1.12. The van der Waals surface area contributed by atoms with Gasteiger partial charge in [0.1, 0.15) is 6.17 Å². The summed E-state index contributed by atoms with van der Waals surface area (Å²) in [4.78, 5) is 11.8. The molecule has 38 heavy (non-hydrogen) atoms. The molecule has 0 spiro atoms. The summed E-state index contributed by atoms with van der Waals surface area (Å²) in [7, 11) is 0. The van der Waals surface area contributed by atoms with Gasteiger partial charge in [0.25, 0.3) is 0 Å². The molecule has 3 heteroatoms. The zero-order chi connectivity index (χ0) is 27.1. The number of hydrogen-bond acceptors (Lipinski definition) is 2. The smallest absolute Gasteiger partial charge is 0.111 e. The first kappa shape index (κ1) is 29.6. The summed E-state index contributed by atoms with van der Waals surface area (Å²) in [5.74, 6) is 1.33. The van der Waals surface area contributed by atoms with Gasteiger partial charge in [0.2, 0.25) is 0 Å². The number of alkyl halides is 1. The number of rotatable bonds is 11. The number of carbonyl (C=O) groups excluding carboxylic acids is 1. The van der Waals surface area contributed by atoms with Crippen LogP contribution in [0.1, 0.15) is 147 Å². The van der Waals surface area contributed by atoms with Gasteiger partial charge in [-0.05, 0) is 85.7 Å². The van der Waals surface area contributed by atoms with Crippen LogP contribution in [0.3, 0.4) is 0 Å². The molecular weight excluding hydrogens is 471 g/mol. The highest BCUT2D eigenvalue weighted by atomic mass is 19.1. The Morgan fingerprint density at radius 2 is 1.58 bits per heavy atom. The molecule has 0 N–H and O–H groups in total. The fourth-order valence-corrected chi connectivity index (χ4v) is 8.95. The van der Waals surface area contributed by atoms with Gasteiger partial charge in [-0.15, -0.1) is 0 Å². The van der Waals surface area contributed by atoms with Crippen LogP contribution in [0.25, 0.3) is 0 Å². The van der Waals surface area contributed by atoms with E-state index < -0.39 is 23.5 Å². The zero-order valence-corrected chi connectivity index (χ0v) is 24.6. The maximum atomic E-state index is 16.7. The maximum absolute atomic E-state index is 16.7. The third-order valence-corrected chi connectivity index (χ3v) is 11.3. The summed E-state index contributed by atoms with van der Waals surface area (Å²) in [6.45, 7) is 6.95. The van der Waals surface area contributed by atoms with Crippen LogP contribution in [0.2, 0.25) is 0 Å². The molecule has 3 fully saturated rings. The van der Waals surface area contributed by atoms with E-state index in [9.17, 15) is 9.90 Å². The van der Waals surface area contributed by atoms with Crippen molar-refractivity contribution in [3.8, 4) is 0 Å². The summed E-state index contributed by atoms with van der Waals surface area (Å²) < 4.78 is 16.7. The second-order valence-corrected chi connectivity index (χ2v) is 13.5. The predicted molar refractivity (Wildman–Crippen MR) is 154 cm³/mol. The number of halogens is 1. The molecular formula is C35H54FO2-. The summed E-state index contributed by atoms with van der Waals surface area (Å²) in [5.41, 5.74) is 2.03. The van der Waals surface area contributed by atoms with E-state index in [-0.39, 0.29) is 6.42 Å². The molecule has 4 unspecified atom stereocenters. The topological polar surface area (TPSA) is 40.1 Å². The van der Waals surface area contributed by atoms with Crippen LogP contribution in [-0.2, 0) is 10.2 Å². The zero-order valence-electron chi connectivity index (χ0n) is 24.6. The summed E-state index contributed by atoms with van der Waals surface area (Å²) >= 11 is 0. The molecule has 3 aliphatic rings. The van der Waals surface area contributed by atoms with Crippen LogP contribution >= 0.6 is 0 Å². The molecule has 214 valence electrons. The first-order chi connectivity index (χ1) is 18.4. The van der Waals surface area contributed by atoms with Crippen molar-refractivity contribution < 1.29 is 14.3 Å². The molecule has 0 saturated heterocycles. The van der Waals surface area contributed by atoms with Gasteiger partial charge in [-0.2, -0.15) is 0 Å². The quantitative estimate of drug-likeness (QED) is 0.271. The third-order valence-electron chi connectivity index (χ3n) is 11.3. The van der Waals surface area contributed by atoms with Gasteiger partial charge < -0.3 is 9.90 Å². The Morgan fingerprint density at radius 1 is 0.921 bits per heavy atom. The van der Waals surface area contributed by atoms with E-state index in [0.717, 1.165) is 24.7 Å². The standard InChI is InChI=1S/C35H55FO2/c1-4-6-7-11-27-16-20-30(21-17-27)35(23-22-29(34(37)38)24-33(35)36)32-13-9-8-12-31(32)25(3)28-18-14-26(10-5-2)15-19-28/h8-9,12-13,25-30,33H,4-7,10-11,14-24H2,1-3H3,(H,37,38)/p-1. The lowest BCUT2D eigenvalue weighted by Gasteiger charge is -2.51. The van der Waals surface area contributed by atoms with Crippen molar-refractivity contribution in [1.29, 1.82) is 0 Å². The van der Waals surface area contributed by atoms with E-state index in [1.165, 1.54) is 88.2 Å². The molecule has 3 saturated carbocycles. The fraction of sp³-hybridized carbons (Fsp3) is 0.800. The van der Waals surface area contributed by atoms with Crippen LogP contribution in [-0.4, -0.2) is 12.1 Å². The van der Waals surface area contributed by atoms with Crippen molar-refractivity contribution >= 4 is 5.97 Å². The minimum absolute atomic E-state index is 0.115. The van der Waals surface area contributed by atoms with E-state index in [0.29, 0.717) is 30.6 Å². The SMILES string of the molecule is CCCCCC1CCC(C2(c3ccccc3C(C)C3CCC(CCC)CC3)CCC(C(=O)[O-])CC2F)CC1. The molecule has 4 rings (SSSR count). The Balaban J connectivity index is 1.60. The molecule has 0 radical (unpaired) electrons. The van der Waals surface area contributed by atoms with Crippen LogP contribution < -0.4 is 5.11 Å². The van der Waals surface area contributed by atoms with Gasteiger partial charge in [-0.1, -0.05) is 109 Å². The highest BCUT2D eigenvalue weighted by molar-refractivity contribution is 5.68. The second-order valence-electron chi connectivity index (χ2n) is 13.5. The number of hydrogen-bond donors (Lipinski definition) is 0. The van der Waals surface area contributed by atoms with Gasteiger partial charge >= 0.3 is 0 Å². The molecule has 0 bridgehead atoms. The summed E-state index contributed by atoms with van der Waals surface area (Å²) in [6.07, 6.45) is 17.8. The van der Waals surface area contributed by atoms with Crippen molar-refractivity contribution in [2.75, 3.05) is 0 Å². The number of carbonyl (C=O) groups is 1. The fourth-order valence-electron chi connectivity index (χ4n) is 8.95. The van der Waals surface area contributed by atoms with E-state index in [4.69, 9.17) is 0 Å². The van der Waals surface area contributed by atoms with E-state index >= 15 is 4.39 Å². The van der Waals surface area contributed by atoms with Crippen LogP contribution in [0.15, 0.2) is 24.3 Å². The van der Waals surface area contributed by atoms with E-state index in [1.807, 2.05) is 0 Å². The number of benzene rings is 1. The summed E-state index contributed by atoms with van der Waals surface area (Å²) in [5, 5.41) is 11.8. The van der Waals surface area contributed by atoms with Gasteiger partial charge in [0.15, 0.2) is 0 Å². The molecule has 3 aliphatic carbocycles. The Morgan fingerprint density at radius 3 is 2.21 bits per heavy atom. The van der Waals surface area contributed by atoms with Crippen LogP contribution in [0.4, 0.5) is 4.39 Å². The van der Waals surface area contributed by atoms with Crippen molar-refractivity contribution in [2.45, 2.75) is 147 Å². The Kier molecular flexibility index (Phi) is 10.7. The van der Waals surface area contributed by atoms with Crippen molar-refractivity contribution in [1.82, 2.24) is 0 Å². The second kappa shape index (κ2) is 13.8. The lowest BCUT2D eigenvalue weighted by atomic mass is 9.54. The lowest BCUT2D eigenvalue weighted by molar-refractivity contribution is -0.313. The van der Waals surface area contributed by atoms with Crippen molar-refractivity contribution in [3.05, 3.63) is 35.4 Å². The van der Waals surface area contributed by atoms with E-state index in [1.54, 1.807) is 0 Å². The third kappa shape index (κ3) is 6.49. The van der Waals surface area contributed by atoms with Gasteiger partial charge in [0.05, 0.1) is 0 Å².